The summed E-state index contributed by atoms with van der Waals surface area (Å²) in [6.45, 7) is -0.0646. The van der Waals surface area contributed by atoms with E-state index in [-0.39, 0.29) is 22.0 Å². The molecule has 23 heavy (non-hydrogen) atoms. The summed E-state index contributed by atoms with van der Waals surface area (Å²) in [4.78, 5) is 11.7. The molecule has 0 aliphatic carbocycles. The Morgan fingerprint density at radius 2 is 1.70 bits per heavy atom. The molecule has 6 nitrogen and oxygen atoms in total. The molecule has 0 aliphatic rings. The maximum atomic E-state index is 12.3. The molecular formula is C15H12ClN3O3S. The van der Waals surface area contributed by atoms with Crippen molar-refractivity contribution in [1.82, 2.24) is 14.9 Å². The molecule has 0 bridgehead atoms. The third kappa shape index (κ3) is 3.12. The minimum atomic E-state index is -3.78. The number of H-pyrrole nitrogens is 1. The van der Waals surface area contributed by atoms with Gasteiger partial charge >= 0.3 is 0 Å². The Morgan fingerprint density at radius 3 is 2.43 bits per heavy atom. The van der Waals surface area contributed by atoms with Crippen LogP contribution in [0.1, 0.15) is 5.69 Å². The molecule has 0 amide bonds. The van der Waals surface area contributed by atoms with Gasteiger partial charge < -0.3 is 0 Å². The predicted molar refractivity (Wildman–Crippen MR) is 87.8 cm³/mol. The number of benzene rings is 2. The second-order valence-electron chi connectivity index (χ2n) is 4.80. The van der Waals surface area contributed by atoms with Crippen LogP contribution in [-0.2, 0) is 16.6 Å². The van der Waals surface area contributed by atoms with Crippen molar-refractivity contribution in [3.05, 3.63) is 69.6 Å². The van der Waals surface area contributed by atoms with Crippen LogP contribution < -0.4 is 10.3 Å². The van der Waals surface area contributed by atoms with E-state index in [0.717, 1.165) is 0 Å². The minimum Gasteiger partial charge on any atom is -0.267 e. The van der Waals surface area contributed by atoms with Crippen LogP contribution in [0.25, 0.3) is 10.8 Å². The van der Waals surface area contributed by atoms with Gasteiger partial charge in [-0.25, -0.2) is 18.2 Å². The van der Waals surface area contributed by atoms with Gasteiger partial charge in [-0.15, -0.1) is 0 Å². The highest BCUT2D eigenvalue weighted by molar-refractivity contribution is 7.89. The second kappa shape index (κ2) is 6.11. The molecule has 0 fully saturated rings. The zero-order valence-electron chi connectivity index (χ0n) is 11.8. The van der Waals surface area contributed by atoms with Gasteiger partial charge in [0.25, 0.3) is 5.56 Å². The van der Waals surface area contributed by atoms with Crippen molar-refractivity contribution in [3.63, 3.8) is 0 Å². The van der Waals surface area contributed by atoms with Crippen LogP contribution in [0.5, 0.6) is 0 Å². The van der Waals surface area contributed by atoms with Gasteiger partial charge in [0, 0.05) is 5.39 Å². The first-order valence-electron chi connectivity index (χ1n) is 6.69. The van der Waals surface area contributed by atoms with Crippen molar-refractivity contribution in [3.8, 4) is 0 Å². The highest BCUT2D eigenvalue weighted by Gasteiger charge is 2.18. The van der Waals surface area contributed by atoms with Crippen molar-refractivity contribution in [1.29, 1.82) is 0 Å². The van der Waals surface area contributed by atoms with Gasteiger partial charge in [-0.3, -0.25) is 4.79 Å². The Kier molecular flexibility index (Phi) is 4.16. The van der Waals surface area contributed by atoms with E-state index >= 15 is 0 Å². The summed E-state index contributed by atoms with van der Waals surface area (Å²) in [6, 6.07) is 13.0. The smallest absolute Gasteiger partial charge is 0.267 e. The third-order valence-corrected chi connectivity index (χ3v) is 5.23. The molecule has 1 aromatic heterocycles. The van der Waals surface area contributed by atoms with Crippen molar-refractivity contribution in [2.75, 3.05) is 0 Å². The first-order valence-corrected chi connectivity index (χ1v) is 8.55. The van der Waals surface area contributed by atoms with E-state index in [0.29, 0.717) is 16.5 Å². The van der Waals surface area contributed by atoms with E-state index in [1.54, 1.807) is 36.4 Å². The molecule has 3 aromatic rings. The molecule has 0 radical (unpaired) electrons. The fourth-order valence-corrected chi connectivity index (χ4v) is 3.72. The molecule has 0 spiro atoms. The lowest BCUT2D eigenvalue weighted by atomic mass is 10.1. The third-order valence-electron chi connectivity index (χ3n) is 3.33. The first-order chi connectivity index (χ1) is 11.0. The summed E-state index contributed by atoms with van der Waals surface area (Å²) in [5.41, 5.74) is 0.106. The summed E-state index contributed by atoms with van der Waals surface area (Å²) in [6.07, 6.45) is 0. The van der Waals surface area contributed by atoms with Crippen LogP contribution >= 0.6 is 11.6 Å². The highest BCUT2D eigenvalue weighted by atomic mass is 35.5. The monoisotopic (exact) mass is 349 g/mol. The average molecular weight is 350 g/mol. The number of hydrogen-bond donors (Lipinski definition) is 2. The molecule has 3 rings (SSSR count). The second-order valence-corrected chi connectivity index (χ2v) is 6.94. The van der Waals surface area contributed by atoms with Crippen LogP contribution in [0.4, 0.5) is 0 Å². The normalized spacial score (nSPS) is 11.7. The summed E-state index contributed by atoms with van der Waals surface area (Å²) in [7, 11) is -3.78. The van der Waals surface area contributed by atoms with Gasteiger partial charge in [-0.2, -0.15) is 5.10 Å². The average Bonchev–Trinajstić information content (AvgIpc) is 2.55. The number of aromatic nitrogens is 2. The fourth-order valence-electron chi connectivity index (χ4n) is 2.21. The molecule has 1 heterocycles. The summed E-state index contributed by atoms with van der Waals surface area (Å²) in [5, 5.41) is 7.48. The molecular weight excluding hydrogens is 338 g/mol. The number of halogens is 1. The van der Waals surface area contributed by atoms with Crippen molar-refractivity contribution >= 4 is 32.4 Å². The number of sulfonamides is 1. The Balaban J connectivity index is 1.94. The molecule has 2 N–H and O–H groups in total. The Labute approximate surface area is 137 Å². The van der Waals surface area contributed by atoms with E-state index in [4.69, 9.17) is 11.6 Å². The molecule has 0 saturated carbocycles. The van der Waals surface area contributed by atoms with Crippen molar-refractivity contribution in [2.24, 2.45) is 0 Å². The summed E-state index contributed by atoms with van der Waals surface area (Å²) >= 11 is 5.92. The zero-order chi connectivity index (χ0) is 16.4. The molecule has 118 valence electrons. The first kappa shape index (κ1) is 15.7. The van der Waals surface area contributed by atoms with Crippen molar-refractivity contribution < 1.29 is 8.42 Å². The van der Waals surface area contributed by atoms with Gasteiger partial charge in [-0.05, 0) is 18.2 Å². The number of hydrogen-bond acceptors (Lipinski definition) is 4. The SMILES string of the molecule is O=c1[nH]nc(CNS(=O)(=O)c2ccccc2Cl)c2ccccc12. The van der Waals surface area contributed by atoms with E-state index in [9.17, 15) is 13.2 Å². The standard InChI is InChI=1S/C15H12ClN3O3S/c16-12-7-3-4-8-14(12)23(21,22)17-9-13-10-5-1-2-6-11(10)15(20)19-18-13/h1-8,17H,9H2,(H,19,20). The Morgan fingerprint density at radius 1 is 1.04 bits per heavy atom. The predicted octanol–water partition coefficient (Wildman–Crippen LogP) is 2.05. The molecule has 0 aliphatic heterocycles. The summed E-state index contributed by atoms with van der Waals surface area (Å²) < 4.78 is 27.1. The largest absolute Gasteiger partial charge is 0.272 e. The molecule has 0 atom stereocenters. The van der Waals surface area contributed by atoms with E-state index in [1.165, 1.54) is 12.1 Å². The Hall–Kier alpha value is -2.22. The topological polar surface area (TPSA) is 91.9 Å². The van der Waals surface area contributed by atoms with E-state index in [2.05, 4.69) is 14.9 Å². The Bertz CT molecular complexity index is 1030. The molecule has 8 heteroatoms. The molecule has 2 aromatic carbocycles. The van der Waals surface area contributed by atoms with E-state index < -0.39 is 10.0 Å². The summed E-state index contributed by atoms with van der Waals surface area (Å²) in [5.74, 6) is 0. The number of rotatable bonds is 4. The lowest BCUT2D eigenvalue weighted by Crippen LogP contribution is -2.25. The highest BCUT2D eigenvalue weighted by Crippen LogP contribution is 2.20. The van der Waals surface area contributed by atoms with Gasteiger partial charge in [-0.1, -0.05) is 41.9 Å². The molecule has 0 saturated heterocycles. The van der Waals surface area contributed by atoms with Gasteiger partial charge in [0.1, 0.15) is 4.90 Å². The fraction of sp³-hybridized carbons (Fsp3) is 0.0667. The minimum absolute atomic E-state index is 0.00426. The number of nitrogens with one attached hydrogen (secondary N) is 2. The van der Waals surface area contributed by atoms with Crippen LogP contribution in [0.15, 0.2) is 58.2 Å². The number of nitrogens with zero attached hydrogens (tertiary/aromatic N) is 1. The van der Waals surface area contributed by atoms with Gasteiger partial charge in [0.2, 0.25) is 10.0 Å². The van der Waals surface area contributed by atoms with Gasteiger partial charge in [0.15, 0.2) is 0 Å². The van der Waals surface area contributed by atoms with Crippen LogP contribution in [0.2, 0.25) is 5.02 Å². The maximum Gasteiger partial charge on any atom is 0.272 e. The number of fused-ring (bicyclic) bond motifs is 1. The lowest BCUT2D eigenvalue weighted by molar-refractivity contribution is 0.580. The van der Waals surface area contributed by atoms with Gasteiger partial charge in [0.05, 0.1) is 22.6 Å². The van der Waals surface area contributed by atoms with Crippen LogP contribution in [0, 0.1) is 0 Å². The number of aromatic amines is 1. The van der Waals surface area contributed by atoms with Crippen molar-refractivity contribution in [2.45, 2.75) is 11.4 Å². The zero-order valence-corrected chi connectivity index (χ0v) is 13.4. The van der Waals surface area contributed by atoms with Crippen LogP contribution in [0.3, 0.4) is 0 Å². The van der Waals surface area contributed by atoms with E-state index in [1.807, 2.05) is 0 Å². The quantitative estimate of drug-likeness (QED) is 0.754. The maximum absolute atomic E-state index is 12.3. The lowest BCUT2D eigenvalue weighted by Gasteiger charge is -2.09. The van der Waals surface area contributed by atoms with Crippen LogP contribution in [-0.4, -0.2) is 18.6 Å². The molecule has 0 unspecified atom stereocenters.